The molecule has 6 nitrogen and oxygen atoms in total. The van der Waals surface area contributed by atoms with Crippen molar-refractivity contribution in [1.82, 2.24) is 10.2 Å². The third kappa shape index (κ3) is 3.00. The molecule has 0 aliphatic carbocycles. The first-order valence-electron chi connectivity index (χ1n) is 6.54. The Morgan fingerprint density at radius 3 is 2.78 bits per heavy atom. The van der Waals surface area contributed by atoms with Crippen LogP contribution in [0.25, 0.3) is 0 Å². The van der Waals surface area contributed by atoms with Crippen LogP contribution in [0.15, 0.2) is 0 Å². The maximum absolute atomic E-state index is 12.1. The third-order valence-electron chi connectivity index (χ3n) is 3.85. The first-order valence-corrected chi connectivity index (χ1v) is 6.54. The van der Waals surface area contributed by atoms with Crippen molar-refractivity contribution < 1.29 is 14.3 Å². The molecule has 2 rings (SSSR count). The number of rotatable bonds is 4. The molecule has 0 aromatic rings. The van der Waals surface area contributed by atoms with Gasteiger partial charge >= 0.3 is 0 Å². The minimum Gasteiger partial charge on any atom is -0.379 e. The summed E-state index contributed by atoms with van der Waals surface area (Å²) in [6.07, 6.45) is 0. The molecule has 6 heteroatoms. The molecule has 0 spiro atoms. The Bertz CT molecular complexity index is 294. The summed E-state index contributed by atoms with van der Waals surface area (Å²) in [6, 6.07) is -0.208. The predicted molar refractivity (Wildman–Crippen MR) is 67.2 cm³/mol. The van der Waals surface area contributed by atoms with Gasteiger partial charge < -0.3 is 20.5 Å². The number of morpholine rings is 1. The molecule has 2 atom stereocenters. The van der Waals surface area contributed by atoms with Gasteiger partial charge in [-0.2, -0.15) is 0 Å². The summed E-state index contributed by atoms with van der Waals surface area (Å²) in [5.74, 6) is 0.000703. The Hall–Kier alpha value is -0.690. The number of carbonyl (C=O) groups is 1. The quantitative estimate of drug-likeness (QED) is 0.661. The lowest BCUT2D eigenvalue weighted by Gasteiger charge is -2.28. The summed E-state index contributed by atoms with van der Waals surface area (Å²) in [7, 11) is 0. The van der Waals surface area contributed by atoms with Crippen molar-refractivity contribution in [3.05, 3.63) is 0 Å². The van der Waals surface area contributed by atoms with Crippen LogP contribution < -0.4 is 11.1 Å². The van der Waals surface area contributed by atoms with Crippen LogP contribution in [0.3, 0.4) is 0 Å². The van der Waals surface area contributed by atoms with Crippen LogP contribution in [0.1, 0.15) is 6.92 Å². The summed E-state index contributed by atoms with van der Waals surface area (Å²) >= 11 is 0. The number of nitrogens with zero attached hydrogens (tertiary/aromatic N) is 1. The lowest BCUT2D eigenvalue weighted by molar-refractivity contribution is -0.130. The number of nitrogens with two attached hydrogens (primary N) is 1. The van der Waals surface area contributed by atoms with Gasteiger partial charge in [0.2, 0.25) is 5.91 Å². The molecule has 0 radical (unpaired) electrons. The Morgan fingerprint density at radius 1 is 1.44 bits per heavy atom. The zero-order valence-electron chi connectivity index (χ0n) is 11.0. The molecule has 0 saturated carbocycles. The van der Waals surface area contributed by atoms with Crippen LogP contribution in [0.4, 0.5) is 0 Å². The van der Waals surface area contributed by atoms with E-state index < -0.39 is 5.41 Å². The molecule has 0 bridgehead atoms. The number of hydrogen-bond donors (Lipinski definition) is 2. The van der Waals surface area contributed by atoms with Crippen molar-refractivity contribution in [2.24, 2.45) is 11.1 Å². The normalized spacial score (nSPS) is 33.6. The molecule has 2 aliphatic rings. The van der Waals surface area contributed by atoms with Gasteiger partial charge in [-0.3, -0.25) is 9.69 Å². The Balaban J connectivity index is 1.71. The third-order valence-corrected chi connectivity index (χ3v) is 3.85. The van der Waals surface area contributed by atoms with Gasteiger partial charge in [-0.15, -0.1) is 0 Å². The largest absolute Gasteiger partial charge is 0.379 e. The molecular formula is C12H23N3O3. The number of hydrogen-bond acceptors (Lipinski definition) is 5. The Kier molecular flexibility index (Phi) is 4.55. The maximum atomic E-state index is 12.1. The topological polar surface area (TPSA) is 76.8 Å². The SMILES string of the molecule is CC1(C(=O)NCCN2CCOCC2)COCC1N. The fraction of sp³-hybridized carbons (Fsp3) is 0.917. The van der Waals surface area contributed by atoms with E-state index in [-0.39, 0.29) is 11.9 Å². The van der Waals surface area contributed by atoms with Gasteiger partial charge in [0.15, 0.2) is 0 Å². The van der Waals surface area contributed by atoms with E-state index in [2.05, 4.69) is 10.2 Å². The second-order valence-electron chi connectivity index (χ2n) is 5.25. The molecule has 0 aromatic carbocycles. The molecule has 2 aliphatic heterocycles. The number of amides is 1. The highest BCUT2D eigenvalue weighted by molar-refractivity contribution is 5.83. The van der Waals surface area contributed by atoms with E-state index in [1.54, 1.807) is 0 Å². The fourth-order valence-corrected chi connectivity index (χ4v) is 2.28. The molecule has 2 unspecified atom stereocenters. The molecule has 1 amide bonds. The minimum atomic E-state index is -0.578. The molecule has 3 N–H and O–H groups in total. The summed E-state index contributed by atoms with van der Waals surface area (Å²) in [5, 5.41) is 2.96. The number of ether oxygens (including phenoxy) is 2. The zero-order valence-corrected chi connectivity index (χ0v) is 11.0. The van der Waals surface area contributed by atoms with Gasteiger partial charge in [0.05, 0.1) is 31.8 Å². The summed E-state index contributed by atoms with van der Waals surface area (Å²) in [6.45, 7) is 7.71. The molecule has 104 valence electrons. The highest BCUT2D eigenvalue weighted by Gasteiger charge is 2.44. The van der Waals surface area contributed by atoms with Gasteiger partial charge in [-0.25, -0.2) is 0 Å². The first kappa shape index (κ1) is 13.7. The molecule has 2 heterocycles. The van der Waals surface area contributed by atoms with E-state index in [0.717, 1.165) is 32.8 Å². The highest BCUT2D eigenvalue weighted by atomic mass is 16.5. The van der Waals surface area contributed by atoms with E-state index >= 15 is 0 Å². The summed E-state index contributed by atoms with van der Waals surface area (Å²) in [4.78, 5) is 14.4. The minimum absolute atomic E-state index is 0.000703. The molecule has 0 aromatic heterocycles. The van der Waals surface area contributed by atoms with Gasteiger partial charge in [-0.1, -0.05) is 0 Å². The highest BCUT2D eigenvalue weighted by Crippen LogP contribution is 2.26. The molecular weight excluding hydrogens is 234 g/mol. The number of nitrogens with one attached hydrogen (secondary N) is 1. The maximum Gasteiger partial charge on any atom is 0.229 e. The second-order valence-corrected chi connectivity index (χ2v) is 5.25. The van der Waals surface area contributed by atoms with Crippen LogP contribution in [0.2, 0.25) is 0 Å². The van der Waals surface area contributed by atoms with Crippen LogP contribution in [-0.2, 0) is 14.3 Å². The predicted octanol–water partition coefficient (Wildman–Crippen LogP) is -1.20. The number of carbonyl (C=O) groups excluding carboxylic acids is 1. The second kappa shape index (κ2) is 5.97. The first-order chi connectivity index (χ1) is 8.63. The summed E-state index contributed by atoms with van der Waals surface area (Å²) in [5.41, 5.74) is 5.34. The molecule has 18 heavy (non-hydrogen) atoms. The monoisotopic (exact) mass is 257 g/mol. The van der Waals surface area contributed by atoms with Gasteiger partial charge in [0.1, 0.15) is 0 Å². The average Bonchev–Trinajstić information content (AvgIpc) is 2.72. The van der Waals surface area contributed by atoms with E-state index in [0.29, 0.717) is 19.8 Å². The van der Waals surface area contributed by atoms with Crippen LogP contribution in [-0.4, -0.2) is 69.5 Å². The van der Waals surface area contributed by atoms with Crippen molar-refractivity contribution in [3.63, 3.8) is 0 Å². The van der Waals surface area contributed by atoms with Crippen molar-refractivity contribution in [1.29, 1.82) is 0 Å². The van der Waals surface area contributed by atoms with E-state index in [1.165, 1.54) is 0 Å². The van der Waals surface area contributed by atoms with Crippen molar-refractivity contribution >= 4 is 5.91 Å². The van der Waals surface area contributed by atoms with Crippen molar-refractivity contribution in [3.8, 4) is 0 Å². The van der Waals surface area contributed by atoms with Gasteiger partial charge in [-0.05, 0) is 6.92 Å². The van der Waals surface area contributed by atoms with Crippen LogP contribution in [0, 0.1) is 5.41 Å². The zero-order chi connectivity index (χ0) is 13.0. The van der Waals surface area contributed by atoms with Crippen molar-refractivity contribution in [2.75, 3.05) is 52.6 Å². The summed E-state index contributed by atoms with van der Waals surface area (Å²) < 4.78 is 10.6. The standard InChI is InChI=1S/C12H23N3O3/c1-12(9-18-8-10(12)13)11(16)14-2-3-15-4-6-17-7-5-15/h10H,2-9,13H2,1H3,(H,14,16). The van der Waals surface area contributed by atoms with E-state index in [4.69, 9.17) is 15.2 Å². The lowest BCUT2D eigenvalue weighted by Crippen LogP contribution is -2.51. The lowest BCUT2D eigenvalue weighted by atomic mass is 9.85. The average molecular weight is 257 g/mol. The molecule has 2 fully saturated rings. The molecule has 2 saturated heterocycles. The smallest absolute Gasteiger partial charge is 0.229 e. The van der Waals surface area contributed by atoms with E-state index in [1.807, 2.05) is 6.92 Å². The van der Waals surface area contributed by atoms with Crippen LogP contribution in [0.5, 0.6) is 0 Å². The fourth-order valence-electron chi connectivity index (χ4n) is 2.28. The van der Waals surface area contributed by atoms with E-state index in [9.17, 15) is 4.79 Å². The van der Waals surface area contributed by atoms with Gasteiger partial charge in [0.25, 0.3) is 0 Å². The Morgan fingerprint density at radius 2 is 2.17 bits per heavy atom. The van der Waals surface area contributed by atoms with Crippen molar-refractivity contribution in [2.45, 2.75) is 13.0 Å². The van der Waals surface area contributed by atoms with Crippen LogP contribution >= 0.6 is 0 Å². The van der Waals surface area contributed by atoms with Gasteiger partial charge in [0, 0.05) is 32.2 Å². The Labute approximate surface area is 108 Å².